The van der Waals surface area contributed by atoms with Crippen molar-refractivity contribution >= 4 is 5.91 Å². The minimum Gasteiger partial charge on any atom is -0.333 e. The maximum absolute atomic E-state index is 12.6. The van der Waals surface area contributed by atoms with E-state index in [9.17, 15) is 4.79 Å². The number of carbonyl (C=O) groups is 1. The van der Waals surface area contributed by atoms with Crippen molar-refractivity contribution in [3.8, 4) is 0 Å². The Balaban J connectivity index is 1.71. The van der Waals surface area contributed by atoms with Crippen LogP contribution in [-0.4, -0.2) is 46.3 Å². The molecule has 122 valence electrons. The van der Waals surface area contributed by atoms with Crippen molar-refractivity contribution in [1.82, 2.24) is 20.0 Å². The van der Waals surface area contributed by atoms with Crippen LogP contribution in [0.1, 0.15) is 34.2 Å². The van der Waals surface area contributed by atoms with E-state index >= 15 is 0 Å². The molecule has 0 aliphatic carbocycles. The van der Waals surface area contributed by atoms with Crippen molar-refractivity contribution in [2.75, 3.05) is 19.6 Å². The van der Waals surface area contributed by atoms with Gasteiger partial charge in [-0.25, -0.2) is 0 Å². The van der Waals surface area contributed by atoms with Gasteiger partial charge in [-0.05, 0) is 44.5 Å². The zero-order chi connectivity index (χ0) is 16.4. The highest BCUT2D eigenvalue weighted by molar-refractivity contribution is 5.94. The molecule has 5 heteroatoms. The lowest BCUT2D eigenvalue weighted by atomic mass is 10.1. The molecule has 1 atom stereocenters. The van der Waals surface area contributed by atoms with Crippen LogP contribution in [-0.2, 0) is 6.54 Å². The number of piperazine rings is 1. The van der Waals surface area contributed by atoms with E-state index in [0.717, 1.165) is 48.7 Å². The quantitative estimate of drug-likeness (QED) is 0.943. The van der Waals surface area contributed by atoms with Gasteiger partial charge in [0, 0.05) is 36.9 Å². The number of amides is 1. The number of rotatable bonds is 3. The van der Waals surface area contributed by atoms with Crippen LogP contribution in [0.3, 0.4) is 0 Å². The van der Waals surface area contributed by atoms with Crippen LogP contribution in [0.25, 0.3) is 0 Å². The Bertz CT molecular complexity index is 690. The zero-order valence-electron chi connectivity index (χ0n) is 14.0. The number of benzene rings is 1. The predicted molar refractivity (Wildman–Crippen MR) is 90.6 cm³/mol. The summed E-state index contributed by atoms with van der Waals surface area (Å²) < 4.78 is 1.99. The maximum atomic E-state index is 12.6. The Morgan fingerprint density at radius 1 is 1.30 bits per heavy atom. The molecule has 1 aliphatic rings. The molecule has 0 unspecified atom stereocenters. The maximum Gasteiger partial charge on any atom is 0.254 e. The Kier molecular flexibility index (Phi) is 4.48. The van der Waals surface area contributed by atoms with Crippen molar-refractivity contribution in [2.24, 2.45) is 0 Å². The Hall–Kier alpha value is -2.14. The Morgan fingerprint density at radius 3 is 2.65 bits per heavy atom. The fourth-order valence-electron chi connectivity index (χ4n) is 3.07. The molecule has 1 N–H and O–H groups in total. The second-order valence-corrected chi connectivity index (χ2v) is 6.33. The molecule has 0 bridgehead atoms. The van der Waals surface area contributed by atoms with Gasteiger partial charge in [-0.1, -0.05) is 12.1 Å². The molecule has 1 amide bonds. The van der Waals surface area contributed by atoms with Crippen LogP contribution in [0.15, 0.2) is 30.3 Å². The van der Waals surface area contributed by atoms with E-state index in [1.807, 2.05) is 40.8 Å². The number of hydrogen-bond donors (Lipinski definition) is 1. The van der Waals surface area contributed by atoms with Gasteiger partial charge in [0.2, 0.25) is 0 Å². The molecule has 1 saturated heterocycles. The Labute approximate surface area is 137 Å². The van der Waals surface area contributed by atoms with Crippen molar-refractivity contribution in [1.29, 1.82) is 0 Å². The summed E-state index contributed by atoms with van der Waals surface area (Å²) in [6, 6.07) is 10.2. The lowest BCUT2D eigenvalue weighted by molar-refractivity contribution is 0.0656. The summed E-state index contributed by atoms with van der Waals surface area (Å²) in [6.45, 7) is 9.38. The summed E-state index contributed by atoms with van der Waals surface area (Å²) in [5.74, 6) is 0.122. The normalized spacial score (nSPS) is 18.2. The average Bonchev–Trinajstić information content (AvgIpc) is 2.85. The summed E-state index contributed by atoms with van der Waals surface area (Å²) >= 11 is 0. The first kappa shape index (κ1) is 15.7. The number of aryl methyl sites for hydroxylation is 2. The van der Waals surface area contributed by atoms with E-state index in [2.05, 4.69) is 30.3 Å². The fraction of sp³-hybridized carbons (Fsp3) is 0.444. The highest BCUT2D eigenvalue weighted by Gasteiger charge is 2.23. The summed E-state index contributed by atoms with van der Waals surface area (Å²) in [5, 5.41) is 7.79. The largest absolute Gasteiger partial charge is 0.333 e. The highest BCUT2D eigenvalue weighted by atomic mass is 16.2. The van der Waals surface area contributed by atoms with Crippen molar-refractivity contribution in [3.05, 3.63) is 52.8 Å². The summed E-state index contributed by atoms with van der Waals surface area (Å²) in [5.41, 5.74) is 4.09. The van der Waals surface area contributed by atoms with Crippen molar-refractivity contribution in [2.45, 2.75) is 33.4 Å². The van der Waals surface area contributed by atoms with Crippen LogP contribution in [0.5, 0.6) is 0 Å². The van der Waals surface area contributed by atoms with Crippen LogP contribution in [0.4, 0.5) is 0 Å². The molecule has 3 rings (SSSR count). The molecule has 1 fully saturated rings. The van der Waals surface area contributed by atoms with E-state index < -0.39 is 0 Å². The van der Waals surface area contributed by atoms with Gasteiger partial charge in [-0.15, -0.1) is 0 Å². The third-order valence-corrected chi connectivity index (χ3v) is 4.40. The topological polar surface area (TPSA) is 50.2 Å². The number of nitrogens with one attached hydrogen (secondary N) is 1. The van der Waals surface area contributed by atoms with Crippen molar-refractivity contribution < 1.29 is 4.79 Å². The first-order chi connectivity index (χ1) is 11.0. The molecule has 0 spiro atoms. The first-order valence-corrected chi connectivity index (χ1v) is 8.16. The molecular formula is C18H24N4O. The molecule has 23 heavy (non-hydrogen) atoms. The smallest absolute Gasteiger partial charge is 0.254 e. The molecule has 5 nitrogen and oxygen atoms in total. The molecule has 0 saturated carbocycles. The van der Waals surface area contributed by atoms with Crippen LogP contribution >= 0.6 is 0 Å². The van der Waals surface area contributed by atoms with Crippen molar-refractivity contribution in [3.63, 3.8) is 0 Å². The van der Waals surface area contributed by atoms with E-state index in [1.165, 1.54) is 0 Å². The zero-order valence-corrected chi connectivity index (χ0v) is 14.0. The van der Waals surface area contributed by atoms with Gasteiger partial charge in [-0.2, -0.15) is 5.10 Å². The van der Waals surface area contributed by atoms with Crippen LogP contribution in [0.2, 0.25) is 0 Å². The summed E-state index contributed by atoms with van der Waals surface area (Å²) in [7, 11) is 0. The third-order valence-electron chi connectivity index (χ3n) is 4.40. The second-order valence-electron chi connectivity index (χ2n) is 6.33. The standard InChI is InChI=1S/C18H24N4O/c1-13-10-14(2)22(20-13)12-16-4-6-17(7-5-16)18(23)21-9-8-19-11-15(21)3/h4-7,10,15,19H,8-9,11-12H2,1-3H3/t15-/m1/s1. The third kappa shape index (κ3) is 3.45. The molecule has 2 aromatic rings. The number of carbonyl (C=O) groups excluding carboxylic acids is 1. The highest BCUT2D eigenvalue weighted by Crippen LogP contribution is 2.13. The fourth-order valence-corrected chi connectivity index (χ4v) is 3.07. The second kappa shape index (κ2) is 6.54. The lowest BCUT2D eigenvalue weighted by Crippen LogP contribution is -2.52. The van der Waals surface area contributed by atoms with Gasteiger partial charge in [0.05, 0.1) is 12.2 Å². The van der Waals surface area contributed by atoms with Gasteiger partial charge in [0.25, 0.3) is 5.91 Å². The molecule has 1 aromatic carbocycles. The van der Waals surface area contributed by atoms with E-state index in [-0.39, 0.29) is 11.9 Å². The minimum atomic E-state index is 0.122. The Morgan fingerprint density at radius 2 is 2.04 bits per heavy atom. The van der Waals surface area contributed by atoms with E-state index in [0.29, 0.717) is 0 Å². The number of nitrogens with zero attached hydrogens (tertiary/aromatic N) is 3. The average molecular weight is 312 g/mol. The molecular weight excluding hydrogens is 288 g/mol. The summed E-state index contributed by atoms with van der Waals surface area (Å²) in [6.07, 6.45) is 0. The molecule has 1 aromatic heterocycles. The van der Waals surface area contributed by atoms with Crippen LogP contribution < -0.4 is 5.32 Å². The first-order valence-electron chi connectivity index (χ1n) is 8.16. The molecule has 1 aliphatic heterocycles. The molecule has 0 radical (unpaired) electrons. The molecule has 2 heterocycles. The minimum absolute atomic E-state index is 0.122. The van der Waals surface area contributed by atoms with E-state index in [1.54, 1.807) is 0 Å². The van der Waals surface area contributed by atoms with Crippen LogP contribution in [0, 0.1) is 13.8 Å². The van der Waals surface area contributed by atoms with Gasteiger partial charge in [-0.3, -0.25) is 9.48 Å². The van der Waals surface area contributed by atoms with Gasteiger partial charge in [0.15, 0.2) is 0 Å². The predicted octanol–water partition coefficient (Wildman–Crippen LogP) is 1.98. The lowest BCUT2D eigenvalue weighted by Gasteiger charge is -2.34. The van der Waals surface area contributed by atoms with Gasteiger partial charge < -0.3 is 10.2 Å². The van der Waals surface area contributed by atoms with Gasteiger partial charge in [0.1, 0.15) is 0 Å². The van der Waals surface area contributed by atoms with Gasteiger partial charge >= 0.3 is 0 Å². The number of aromatic nitrogens is 2. The summed E-state index contributed by atoms with van der Waals surface area (Å²) in [4.78, 5) is 14.6. The van der Waals surface area contributed by atoms with E-state index in [4.69, 9.17) is 0 Å². The number of hydrogen-bond acceptors (Lipinski definition) is 3. The monoisotopic (exact) mass is 312 g/mol. The SMILES string of the molecule is Cc1cc(C)n(Cc2ccc(C(=O)N3CCNC[C@H]3C)cc2)n1.